The van der Waals surface area contributed by atoms with Gasteiger partial charge in [-0.25, -0.2) is 4.79 Å². The summed E-state index contributed by atoms with van der Waals surface area (Å²) in [6.07, 6.45) is 1.32. The molecule has 0 unspecified atom stereocenters. The Hall–Kier alpha value is -2.69. The van der Waals surface area contributed by atoms with Gasteiger partial charge in [-0.15, -0.1) is 0 Å². The second kappa shape index (κ2) is 7.04. The molecule has 1 heterocycles. The second-order valence-electron chi connectivity index (χ2n) is 4.01. The fourth-order valence-electron chi connectivity index (χ4n) is 1.42. The smallest absolute Gasteiger partial charge is 0.332 e. The van der Waals surface area contributed by atoms with Crippen molar-refractivity contribution in [1.29, 1.82) is 0 Å². The van der Waals surface area contributed by atoms with Crippen molar-refractivity contribution in [2.75, 3.05) is 7.11 Å². The van der Waals surface area contributed by atoms with Crippen LogP contribution in [0.3, 0.4) is 0 Å². The van der Waals surface area contributed by atoms with Crippen molar-refractivity contribution in [2.45, 2.75) is 6.92 Å². The van der Waals surface area contributed by atoms with E-state index in [0.29, 0.717) is 11.1 Å². The number of carbonyl (C=O) groups excluding carboxylic acids is 3. The molecule has 5 heteroatoms. The average Bonchev–Trinajstić information content (AvgIpc) is 2.78. The van der Waals surface area contributed by atoms with Gasteiger partial charge < -0.3 is 4.74 Å². The Balaban J connectivity index is 0.000000246. The fraction of sp³-hybridized carbons (Fsp3) is 0.133. The lowest BCUT2D eigenvalue weighted by atomic mass is 10.1. The third kappa shape index (κ3) is 4.20. The van der Waals surface area contributed by atoms with Crippen LogP contribution in [-0.4, -0.2) is 24.9 Å². The van der Waals surface area contributed by atoms with Crippen LogP contribution in [0.1, 0.15) is 12.5 Å². The van der Waals surface area contributed by atoms with Crippen molar-refractivity contribution in [3.8, 4) is 0 Å². The Morgan fingerprint density at radius 2 is 1.80 bits per heavy atom. The summed E-state index contributed by atoms with van der Waals surface area (Å²) in [6, 6.07) is 9.10. The van der Waals surface area contributed by atoms with E-state index in [0.717, 1.165) is 5.56 Å². The quantitative estimate of drug-likeness (QED) is 0.503. The number of esters is 1. The lowest BCUT2D eigenvalue weighted by Gasteiger charge is -1.97. The second-order valence-corrected chi connectivity index (χ2v) is 4.01. The summed E-state index contributed by atoms with van der Waals surface area (Å²) >= 11 is 0. The minimum Gasteiger partial charge on any atom is -0.466 e. The summed E-state index contributed by atoms with van der Waals surface area (Å²) in [4.78, 5) is 32.2. The first-order valence-corrected chi connectivity index (χ1v) is 5.82. The Bertz CT molecular complexity index is 573. The van der Waals surface area contributed by atoms with Crippen molar-refractivity contribution >= 4 is 23.4 Å². The molecule has 5 nitrogen and oxygen atoms in total. The van der Waals surface area contributed by atoms with Gasteiger partial charge >= 0.3 is 5.97 Å². The molecule has 1 N–H and O–H groups in total. The van der Waals surface area contributed by atoms with Gasteiger partial charge in [-0.2, -0.15) is 0 Å². The maximum atomic E-state index is 11.2. The van der Waals surface area contributed by atoms with E-state index in [1.807, 2.05) is 18.2 Å². The van der Waals surface area contributed by atoms with Crippen LogP contribution in [-0.2, 0) is 19.1 Å². The molecule has 0 saturated carbocycles. The van der Waals surface area contributed by atoms with E-state index in [4.69, 9.17) is 0 Å². The molecule has 2 amide bonds. The first kappa shape index (κ1) is 15.4. The summed E-state index contributed by atoms with van der Waals surface area (Å²) in [7, 11) is 1.33. The fourth-order valence-corrected chi connectivity index (χ4v) is 1.42. The van der Waals surface area contributed by atoms with Crippen molar-refractivity contribution < 1.29 is 19.1 Å². The highest BCUT2D eigenvalue weighted by Crippen LogP contribution is 2.16. The molecule has 1 aromatic rings. The molecule has 0 bridgehead atoms. The Morgan fingerprint density at radius 1 is 1.20 bits per heavy atom. The van der Waals surface area contributed by atoms with Gasteiger partial charge in [-0.1, -0.05) is 36.9 Å². The number of imide groups is 1. The van der Waals surface area contributed by atoms with E-state index in [1.165, 1.54) is 13.2 Å². The number of hydrogen-bond acceptors (Lipinski definition) is 4. The van der Waals surface area contributed by atoms with E-state index in [2.05, 4.69) is 16.6 Å². The van der Waals surface area contributed by atoms with Gasteiger partial charge in [-0.05, 0) is 12.5 Å². The van der Waals surface area contributed by atoms with Gasteiger partial charge in [0.05, 0.1) is 12.7 Å². The van der Waals surface area contributed by atoms with Crippen molar-refractivity contribution in [1.82, 2.24) is 5.32 Å². The molecule has 0 radical (unpaired) electrons. The van der Waals surface area contributed by atoms with Crippen molar-refractivity contribution in [2.24, 2.45) is 0 Å². The largest absolute Gasteiger partial charge is 0.466 e. The third-order valence-electron chi connectivity index (χ3n) is 2.38. The van der Waals surface area contributed by atoms with Gasteiger partial charge in [0.2, 0.25) is 0 Å². The zero-order valence-corrected chi connectivity index (χ0v) is 11.3. The topological polar surface area (TPSA) is 72.5 Å². The zero-order chi connectivity index (χ0) is 15.1. The van der Waals surface area contributed by atoms with Gasteiger partial charge in [0.15, 0.2) is 0 Å². The van der Waals surface area contributed by atoms with Crippen LogP contribution in [0, 0.1) is 0 Å². The molecule has 20 heavy (non-hydrogen) atoms. The monoisotopic (exact) mass is 273 g/mol. The number of methoxy groups -OCH3 is 1. The van der Waals surface area contributed by atoms with Crippen LogP contribution in [0.5, 0.6) is 0 Å². The van der Waals surface area contributed by atoms with Gasteiger partial charge in [0.1, 0.15) is 0 Å². The SMILES string of the molecule is C=C(C)C(=O)OC.O=C1C=C(c2ccccc2)C(=O)N1. The molecule has 1 aliphatic rings. The number of carbonyl (C=O) groups is 3. The lowest BCUT2D eigenvalue weighted by Crippen LogP contribution is -2.21. The summed E-state index contributed by atoms with van der Waals surface area (Å²) in [5.74, 6) is -1.01. The maximum Gasteiger partial charge on any atom is 0.332 e. The van der Waals surface area contributed by atoms with E-state index in [-0.39, 0.29) is 17.8 Å². The molecule has 0 saturated heterocycles. The van der Waals surface area contributed by atoms with Crippen LogP contribution >= 0.6 is 0 Å². The molecule has 1 aromatic carbocycles. The van der Waals surface area contributed by atoms with Gasteiger partial charge in [-0.3, -0.25) is 14.9 Å². The van der Waals surface area contributed by atoms with Crippen LogP contribution in [0.2, 0.25) is 0 Å². The Labute approximate surface area is 116 Å². The van der Waals surface area contributed by atoms with Crippen molar-refractivity contribution in [3.05, 3.63) is 54.1 Å². The molecule has 2 rings (SSSR count). The summed E-state index contributed by atoms with van der Waals surface area (Å²) in [5.41, 5.74) is 1.64. The summed E-state index contributed by atoms with van der Waals surface area (Å²) < 4.78 is 4.27. The highest BCUT2D eigenvalue weighted by Gasteiger charge is 2.21. The number of benzene rings is 1. The number of ether oxygens (including phenoxy) is 1. The molecule has 0 aliphatic carbocycles. The summed E-state index contributed by atoms with van der Waals surface area (Å²) in [5, 5.41) is 2.19. The van der Waals surface area contributed by atoms with Crippen LogP contribution < -0.4 is 5.32 Å². The number of nitrogens with one attached hydrogen (secondary N) is 1. The standard InChI is InChI=1S/C10H7NO2.C5H8O2/c12-9-6-8(10(13)11-9)7-4-2-1-3-5-7;1-4(2)5(6)7-3/h1-6H,(H,11,12,13);1H2,2-3H3. The number of amides is 2. The molecule has 0 atom stereocenters. The molecule has 1 aliphatic heterocycles. The third-order valence-corrected chi connectivity index (χ3v) is 2.38. The lowest BCUT2D eigenvalue weighted by molar-refractivity contribution is -0.136. The van der Waals surface area contributed by atoms with E-state index in [1.54, 1.807) is 19.1 Å². The first-order chi connectivity index (χ1) is 9.45. The van der Waals surface area contributed by atoms with E-state index >= 15 is 0 Å². The number of rotatable bonds is 2. The maximum absolute atomic E-state index is 11.2. The Morgan fingerprint density at radius 3 is 2.15 bits per heavy atom. The molecular formula is C15H15NO4. The predicted octanol–water partition coefficient (Wildman–Crippen LogP) is 1.46. The zero-order valence-electron chi connectivity index (χ0n) is 11.3. The van der Waals surface area contributed by atoms with Crippen molar-refractivity contribution in [3.63, 3.8) is 0 Å². The Kier molecular flexibility index (Phi) is 5.41. The van der Waals surface area contributed by atoms with Crippen LogP contribution in [0.4, 0.5) is 0 Å². The number of hydrogen-bond donors (Lipinski definition) is 1. The molecule has 0 aromatic heterocycles. The normalized spacial score (nSPS) is 12.8. The average molecular weight is 273 g/mol. The predicted molar refractivity (Wildman–Crippen MR) is 74.4 cm³/mol. The van der Waals surface area contributed by atoms with Crippen LogP contribution in [0.15, 0.2) is 48.6 Å². The van der Waals surface area contributed by atoms with Crippen LogP contribution in [0.25, 0.3) is 5.57 Å². The van der Waals surface area contributed by atoms with Gasteiger partial charge in [0.25, 0.3) is 11.8 Å². The first-order valence-electron chi connectivity index (χ1n) is 5.82. The molecule has 0 spiro atoms. The van der Waals surface area contributed by atoms with Gasteiger partial charge in [0, 0.05) is 11.6 Å². The summed E-state index contributed by atoms with van der Waals surface area (Å²) in [6.45, 7) is 4.95. The van der Waals surface area contributed by atoms with E-state index in [9.17, 15) is 14.4 Å². The van der Waals surface area contributed by atoms with E-state index < -0.39 is 0 Å². The molecule has 104 valence electrons. The minimum absolute atomic E-state index is 0.323. The molecule has 0 fully saturated rings. The molecular weight excluding hydrogens is 258 g/mol. The minimum atomic E-state index is -0.347. The highest BCUT2D eigenvalue weighted by atomic mass is 16.5. The highest BCUT2D eigenvalue weighted by molar-refractivity contribution is 6.33.